The van der Waals surface area contributed by atoms with E-state index in [1.54, 1.807) is 23.1 Å². The lowest BCUT2D eigenvalue weighted by molar-refractivity contribution is -0.134. The van der Waals surface area contributed by atoms with Gasteiger partial charge in [0.1, 0.15) is 0 Å². The highest BCUT2D eigenvalue weighted by Gasteiger charge is 2.19. The SMILES string of the molecule is Cc1ccc(-c2nc3ccc(C(=O)OCC(=O)N4CCCCCC4)cc3nc2-c2ccc(C)cc2)cc1. The molecule has 0 saturated carbocycles. The monoisotopic (exact) mass is 493 g/mol. The van der Waals surface area contributed by atoms with Gasteiger partial charge in [0.05, 0.1) is 28.0 Å². The Morgan fingerprint density at radius 1 is 0.730 bits per heavy atom. The molecule has 5 rings (SSSR count). The summed E-state index contributed by atoms with van der Waals surface area (Å²) in [5.74, 6) is -0.674. The Hall–Kier alpha value is -4.06. The highest BCUT2D eigenvalue weighted by atomic mass is 16.5. The third-order valence-electron chi connectivity index (χ3n) is 6.84. The lowest BCUT2D eigenvalue weighted by Gasteiger charge is -2.19. The first kappa shape index (κ1) is 24.6. The van der Waals surface area contributed by atoms with E-state index in [4.69, 9.17) is 14.7 Å². The molecule has 0 aliphatic carbocycles. The van der Waals surface area contributed by atoms with E-state index in [0.29, 0.717) is 16.6 Å². The van der Waals surface area contributed by atoms with Gasteiger partial charge in [-0.05, 0) is 44.9 Å². The van der Waals surface area contributed by atoms with Crippen LogP contribution in [0.3, 0.4) is 0 Å². The molecule has 4 aromatic rings. The zero-order chi connectivity index (χ0) is 25.8. The molecule has 0 N–H and O–H groups in total. The highest BCUT2D eigenvalue weighted by Crippen LogP contribution is 2.31. The number of amides is 1. The summed E-state index contributed by atoms with van der Waals surface area (Å²) >= 11 is 0. The second-order valence-corrected chi connectivity index (χ2v) is 9.73. The molecule has 1 saturated heterocycles. The van der Waals surface area contributed by atoms with Crippen LogP contribution in [0.1, 0.15) is 47.2 Å². The zero-order valence-electron chi connectivity index (χ0n) is 21.4. The van der Waals surface area contributed by atoms with Crippen LogP contribution in [-0.2, 0) is 9.53 Å². The number of hydrogen-bond acceptors (Lipinski definition) is 5. The Morgan fingerprint density at radius 2 is 1.27 bits per heavy atom. The number of likely N-dealkylation sites (tertiary alicyclic amines) is 1. The summed E-state index contributed by atoms with van der Waals surface area (Å²) < 4.78 is 5.39. The fourth-order valence-electron chi connectivity index (χ4n) is 4.63. The molecule has 1 aliphatic rings. The van der Waals surface area contributed by atoms with Gasteiger partial charge >= 0.3 is 5.97 Å². The van der Waals surface area contributed by atoms with Crippen LogP contribution in [0, 0.1) is 13.8 Å². The van der Waals surface area contributed by atoms with Crippen LogP contribution < -0.4 is 0 Å². The predicted octanol–water partition coefficient (Wildman–Crippen LogP) is 6.14. The van der Waals surface area contributed by atoms with Gasteiger partial charge in [-0.2, -0.15) is 0 Å². The van der Waals surface area contributed by atoms with Gasteiger partial charge in [0, 0.05) is 24.2 Å². The summed E-state index contributed by atoms with van der Waals surface area (Å²) in [4.78, 5) is 37.1. The number of carbonyl (C=O) groups excluding carboxylic acids is 2. The number of rotatable bonds is 5. The molecule has 2 heterocycles. The molecule has 1 fully saturated rings. The normalized spacial score (nSPS) is 13.8. The van der Waals surface area contributed by atoms with E-state index in [0.717, 1.165) is 66.9 Å². The van der Waals surface area contributed by atoms with Crippen molar-refractivity contribution in [3.8, 4) is 22.5 Å². The van der Waals surface area contributed by atoms with E-state index in [2.05, 4.69) is 43.3 Å². The van der Waals surface area contributed by atoms with E-state index in [-0.39, 0.29) is 12.5 Å². The Kier molecular flexibility index (Phi) is 7.26. The molecule has 0 unspecified atom stereocenters. The highest BCUT2D eigenvalue weighted by molar-refractivity contribution is 5.96. The van der Waals surface area contributed by atoms with E-state index in [1.807, 2.05) is 19.1 Å². The molecule has 0 radical (unpaired) electrons. The summed E-state index contributed by atoms with van der Waals surface area (Å²) in [6, 6.07) is 21.6. The van der Waals surface area contributed by atoms with Gasteiger partial charge in [0.2, 0.25) is 0 Å². The quantitative estimate of drug-likeness (QED) is 0.312. The van der Waals surface area contributed by atoms with Crippen molar-refractivity contribution in [1.82, 2.24) is 14.9 Å². The van der Waals surface area contributed by atoms with Crippen LogP contribution in [0.15, 0.2) is 66.7 Å². The molecule has 1 amide bonds. The Labute approximate surface area is 217 Å². The number of benzene rings is 3. The second kappa shape index (κ2) is 10.9. The fraction of sp³-hybridized carbons (Fsp3) is 0.290. The lowest BCUT2D eigenvalue weighted by Crippen LogP contribution is -2.35. The van der Waals surface area contributed by atoms with Gasteiger partial charge in [-0.3, -0.25) is 4.79 Å². The van der Waals surface area contributed by atoms with Crippen LogP contribution in [0.25, 0.3) is 33.5 Å². The van der Waals surface area contributed by atoms with Gasteiger partial charge in [0.15, 0.2) is 6.61 Å². The van der Waals surface area contributed by atoms with Crippen LogP contribution >= 0.6 is 0 Å². The number of fused-ring (bicyclic) bond motifs is 1. The maximum absolute atomic E-state index is 12.8. The van der Waals surface area contributed by atoms with Crippen molar-refractivity contribution in [2.24, 2.45) is 0 Å². The van der Waals surface area contributed by atoms with Crippen molar-refractivity contribution in [1.29, 1.82) is 0 Å². The lowest BCUT2D eigenvalue weighted by atomic mass is 10.0. The van der Waals surface area contributed by atoms with Gasteiger partial charge in [0.25, 0.3) is 5.91 Å². The molecule has 188 valence electrons. The molecule has 0 bridgehead atoms. The van der Waals surface area contributed by atoms with Crippen LogP contribution in [0.5, 0.6) is 0 Å². The first-order valence-corrected chi connectivity index (χ1v) is 12.9. The Bertz CT molecular complexity index is 1420. The number of nitrogens with zero attached hydrogens (tertiary/aromatic N) is 3. The third kappa shape index (κ3) is 5.69. The average molecular weight is 494 g/mol. The summed E-state index contributed by atoms with van der Waals surface area (Å²) in [5, 5.41) is 0. The van der Waals surface area contributed by atoms with Crippen LogP contribution in [0.2, 0.25) is 0 Å². The maximum atomic E-state index is 12.8. The minimum Gasteiger partial charge on any atom is -0.452 e. The molecular formula is C31H31N3O3. The summed E-state index contributed by atoms with van der Waals surface area (Å²) in [6.45, 7) is 5.31. The van der Waals surface area contributed by atoms with E-state index in [9.17, 15) is 9.59 Å². The predicted molar refractivity (Wildman–Crippen MR) is 145 cm³/mol. The van der Waals surface area contributed by atoms with Crippen LogP contribution in [0.4, 0.5) is 0 Å². The molecule has 0 atom stereocenters. The second-order valence-electron chi connectivity index (χ2n) is 9.73. The zero-order valence-corrected chi connectivity index (χ0v) is 21.4. The van der Waals surface area contributed by atoms with Gasteiger partial charge < -0.3 is 9.64 Å². The standard InChI is InChI=1S/C31H31N3O3/c1-21-7-11-23(12-8-21)29-30(24-13-9-22(2)10-14-24)33-27-19-25(15-16-26(27)32-29)31(36)37-20-28(35)34-17-5-3-4-6-18-34/h7-16,19H,3-6,17-18,20H2,1-2H3. The Balaban J connectivity index is 1.44. The Morgan fingerprint density at radius 3 is 1.84 bits per heavy atom. The first-order valence-electron chi connectivity index (χ1n) is 12.9. The number of carbonyl (C=O) groups is 2. The molecule has 6 heteroatoms. The fourth-order valence-corrected chi connectivity index (χ4v) is 4.63. The van der Waals surface area contributed by atoms with Crippen molar-refractivity contribution in [2.75, 3.05) is 19.7 Å². The smallest absolute Gasteiger partial charge is 0.338 e. The number of aromatic nitrogens is 2. The maximum Gasteiger partial charge on any atom is 0.338 e. The van der Waals surface area contributed by atoms with E-state index in [1.165, 1.54) is 5.56 Å². The summed E-state index contributed by atoms with van der Waals surface area (Å²) in [6.07, 6.45) is 4.27. The van der Waals surface area contributed by atoms with Crippen molar-refractivity contribution < 1.29 is 14.3 Å². The topological polar surface area (TPSA) is 72.4 Å². The van der Waals surface area contributed by atoms with Gasteiger partial charge in [-0.1, -0.05) is 72.5 Å². The minimum atomic E-state index is -0.536. The molecule has 6 nitrogen and oxygen atoms in total. The molecule has 1 aromatic heterocycles. The average Bonchev–Trinajstić information content (AvgIpc) is 3.21. The summed E-state index contributed by atoms with van der Waals surface area (Å²) in [7, 11) is 0. The van der Waals surface area contributed by atoms with Crippen molar-refractivity contribution >= 4 is 22.9 Å². The molecule has 1 aliphatic heterocycles. The molecule has 3 aromatic carbocycles. The van der Waals surface area contributed by atoms with E-state index >= 15 is 0 Å². The molecular weight excluding hydrogens is 462 g/mol. The third-order valence-corrected chi connectivity index (χ3v) is 6.84. The molecule has 37 heavy (non-hydrogen) atoms. The number of esters is 1. The molecule has 0 spiro atoms. The van der Waals surface area contributed by atoms with Crippen molar-refractivity contribution in [3.05, 3.63) is 83.4 Å². The number of aryl methyl sites for hydroxylation is 2. The van der Waals surface area contributed by atoms with E-state index < -0.39 is 5.97 Å². The van der Waals surface area contributed by atoms with Crippen molar-refractivity contribution in [3.63, 3.8) is 0 Å². The summed E-state index contributed by atoms with van der Waals surface area (Å²) in [5.41, 5.74) is 7.43. The largest absolute Gasteiger partial charge is 0.452 e. The van der Waals surface area contributed by atoms with Gasteiger partial charge in [-0.15, -0.1) is 0 Å². The number of hydrogen-bond donors (Lipinski definition) is 0. The number of ether oxygens (including phenoxy) is 1. The minimum absolute atomic E-state index is 0.139. The van der Waals surface area contributed by atoms with Gasteiger partial charge in [-0.25, -0.2) is 14.8 Å². The van der Waals surface area contributed by atoms with Crippen LogP contribution in [-0.4, -0.2) is 46.4 Å². The van der Waals surface area contributed by atoms with Crippen molar-refractivity contribution in [2.45, 2.75) is 39.5 Å². The first-order chi connectivity index (χ1) is 18.0.